The van der Waals surface area contributed by atoms with Gasteiger partial charge in [-0.15, -0.1) is 0 Å². The molecule has 3 aromatic carbocycles. The first kappa shape index (κ1) is 14.8. The van der Waals surface area contributed by atoms with Gasteiger partial charge >= 0.3 is 35.5 Å². The van der Waals surface area contributed by atoms with Crippen LogP contribution in [0.5, 0.6) is 5.75 Å². The van der Waals surface area contributed by atoms with Gasteiger partial charge in [0.2, 0.25) is 0 Å². The zero-order valence-corrected chi connectivity index (χ0v) is 10.2. The van der Waals surface area contributed by atoms with Crippen molar-refractivity contribution < 1.29 is 9.53 Å². The number of carbonyl (C=O) groups is 1. The van der Waals surface area contributed by atoms with E-state index in [-0.39, 0.29) is 35.5 Å². The van der Waals surface area contributed by atoms with E-state index in [0.29, 0.717) is 11.3 Å². The quantitative estimate of drug-likeness (QED) is 0.406. The molecule has 3 aromatic rings. The fraction of sp³-hybridized carbons (Fsp3) is 0. The maximum absolute atomic E-state index is 12.2. The van der Waals surface area contributed by atoms with E-state index in [2.05, 4.69) is 0 Å². The number of esters is 1. The summed E-state index contributed by atoms with van der Waals surface area (Å²) in [5, 5.41) is 1.94. The van der Waals surface area contributed by atoms with E-state index < -0.39 is 0 Å². The summed E-state index contributed by atoms with van der Waals surface area (Å²) >= 11 is 0. The molecule has 0 aliphatic carbocycles. The molecule has 0 heterocycles. The van der Waals surface area contributed by atoms with Gasteiger partial charge in [0.25, 0.3) is 0 Å². The van der Waals surface area contributed by atoms with Crippen LogP contribution in [-0.2, 0) is 0 Å². The molecule has 0 aliphatic heterocycles. The molecule has 0 spiro atoms. The van der Waals surface area contributed by atoms with E-state index in [1.54, 1.807) is 18.2 Å². The molecule has 0 saturated carbocycles. The standard InChI is InChI=1S/C17H12O2.Na.H/c18-17(19-14-9-2-1-3-10-14)16-12-6-8-13-7-4-5-11-15(13)16;;/h1-12H;;. The number of carbonyl (C=O) groups excluding carboxylic acids is 1. The molecule has 0 aromatic heterocycles. The fourth-order valence-electron chi connectivity index (χ4n) is 2.05. The number of para-hydroxylation sites is 1. The van der Waals surface area contributed by atoms with Gasteiger partial charge in [-0.3, -0.25) is 0 Å². The third-order valence-electron chi connectivity index (χ3n) is 2.96. The Morgan fingerprint density at radius 3 is 2.20 bits per heavy atom. The first-order valence-corrected chi connectivity index (χ1v) is 6.09. The van der Waals surface area contributed by atoms with Gasteiger partial charge < -0.3 is 4.74 Å². The van der Waals surface area contributed by atoms with E-state index in [1.807, 2.05) is 54.6 Å². The summed E-state index contributed by atoms with van der Waals surface area (Å²) in [5.41, 5.74) is 0.585. The van der Waals surface area contributed by atoms with Crippen molar-refractivity contribution in [1.82, 2.24) is 0 Å². The van der Waals surface area contributed by atoms with Gasteiger partial charge in [-0.2, -0.15) is 0 Å². The Balaban J connectivity index is 0.00000147. The van der Waals surface area contributed by atoms with E-state index >= 15 is 0 Å². The van der Waals surface area contributed by atoms with Crippen LogP contribution in [0.4, 0.5) is 0 Å². The Hall–Kier alpha value is -1.61. The molecular formula is C17H13NaO2. The third kappa shape index (κ3) is 3.10. The molecule has 0 bridgehead atoms. The Morgan fingerprint density at radius 1 is 0.750 bits per heavy atom. The maximum atomic E-state index is 12.2. The van der Waals surface area contributed by atoms with E-state index in [0.717, 1.165) is 10.8 Å². The van der Waals surface area contributed by atoms with Crippen molar-refractivity contribution in [2.75, 3.05) is 0 Å². The first-order valence-electron chi connectivity index (χ1n) is 6.09. The van der Waals surface area contributed by atoms with E-state index in [4.69, 9.17) is 4.74 Å². The Morgan fingerprint density at radius 2 is 1.40 bits per heavy atom. The number of rotatable bonds is 2. The normalized spacial score (nSPS) is 9.80. The minimum atomic E-state index is -0.331. The number of hydrogen-bond donors (Lipinski definition) is 0. The van der Waals surface area contributed by atoms with Crippen molar-refractivity contribution in [2.24, 2.45) is 0 Å². The van der Waals surface area contributed by atoms with Crippen molar-refractivity contribution in [1.29, 1.82) is 0 Å². The molecule has 0 atom stereocenters. The molecule has 0 unspecified atom stereocenters. The topological polar surface area (TPSA) is 26.3 Å². The van der Waals surface area contributed by atoms with Gasteiger partial charge in [0, 0.05) is 0 Å². The Labute approximate surface area is 139 Å². The van der Waals surface area contributed by atoms with Crippen LogP contribution in [0.3, 0.4) is 0 Å². The van der Waals surface area contributed by atoms with Gasteiger partial charge in [-0.1, -0.05) is 54.6 Å². The van der Waals surface area contributed by atoms with Crippen LogP contribution in [0.25, 0.3) is 10.8 Å². The zero-order valence-electron chi connectivity index (χ0n) is 10.2. The summed E-state index contributed by atoms with van der Waals surface area (Å²) in [7, 11) is 0. The van der Waals surface area contributed by atoms with Crippen LogP contribution in [0.15, 0.2) is 72.8 Å². The van der Waals surface area contributed by atoms with Crippen LogP contribution in [-0.4, -0.2) is 35.5 Å². The third-order valence-corrected chi connectivity index (χ3v) is 2.96. The zero-order chi connectivity index (χ0) is 13.1. The summed E-state index contributed by atoms with van der Waals surface area (Å²) < 4.78 is 5.37. The fourth-order valence-corrected chi connectivity index (χ4v) is 2.05. The van der Waals surface area contributed by atoms with Crippen molar-refractivity contribution in [3.05, 3.63) is 78.4 Å². The monoisotopic (exact) mass is 272 g/mol. The van der Waals surface area contributed by atoms with E-state index in [1.165, 1.54) is 0 Å². The van der Waals surface area contributed by atoms with Gasteiger partial charge in [-0.25, -0.2) is 4.79 Å². The second kappa shape index (κ2) is 6.71. The van der Waals surface area contributed by atoms with Crippen LogP contribution in [0, 0.1) is 0 Å². The van der Waals surface area contributed by atoms with Gasteiger partial charge in [0.15, 0.2) is 0 Å². The predicted octanol–water partition coefficient (Wildman–Crippen LogP) is 3.41. The molecule has 3 heteroatoms. The number of fused-ring (bicyclic) bond motifs is 1. The summed E-state index contributed by atoms with van der Waals surface area (Å²) in [6.07, 6.45) is 0. The molecule has 0 aliphatic rings. The second-order valence-corrected chi connectivity index (χ2v) is 4.23. The van der Waals surface area contributed by atoms with Crippen LogP contribution in [0.2, 0.25) is 0 Å². The minimum absolute atomic E-state index is 0. The average molecular weight is 272 g/mol. The van der Waals surface area contributed by atoms with Gasteiger partial charge in [-0.05, 0) is 29.0 Å². The molecule has 20 heavy (non-hydrogen) atoms. The molecule has 3 rings (SSSR count). The van der Waals surface area contributed by atoms with Crippen LogP contribution in [0.1, 0.15) is 10.4 Å². The van der Waals surface area contributed by atoms with Crippen LogP contribution < -0.4 is 4.74 Å². The summed E-state index contributed by atoms with van der Waals surface area (Å²) in [6, 6.07) is 22.5. The molecule has 0 radical (unpaired) electrons. The predicted molar refractivity (Wildman–Crippen MR) is 82.5 cm³/mol. The van der Waals surface area contributed by atoms with Gasteiger partial charge in [0.1, 0.15) is 5.75 Å². The summed E-state index contributed by atoms with van der Waals surface area (Å²) in [5.74, 6) is 0.225. The van der Waals surface area contributed by atoms with Crippen molar-refractivity contribution >= 4 is 46.3 Å². The van der Waals surface area contributed by atoms with Crippen LogP contribution >= 0.6 is 0 Å². The van der Waals surface area contributed by atoms with Crippen molar-refractivity contribution in [2.45, 2.75) is 0 Å². The van der Waals surface area contributed by atoms with Crippen molar-refractivity contribution in [3.8, 4) is 5.75 Å². The molecule has 0 fully saturated rings. The average Bonchev–Trinajstić information content (AvgIpc) is 2.47. The molecule has 0 N–H and O–H groups in total. The number of hydrogen-bond acceptors (Lipinski definition) is 2. The summed E-state index contributed by atoms with van der Waals surface area (Å²) in [4.78, 5) is 12.2. The molecule has 2 nitrogen and oxygen atoms in total. The molecule has 0 amide bonds. The molecule has 0 saturated heterocycles. The SMILES string of the molecule is O=C(Oc1ccccc1)c1cccc2ccccc12.[NaH]. The molecule has 94 valence electrons. The number of ether oxygens (including phenoxy) is 1. The number of benzene rings is 3. The molecular weight excluding hydrogens is 259 g/mol. The Kier molecular flexibility index (Phi) is 4.96. The van der Waals surface area contributed by atoms with Crippen molar-refractivity contribution in [3.63, 3.8) is 0 Å². The second-order valence-electron chi connectivity index (χ2n) is 4.23. The van der Waals surface area contributed by atoms with E-state index in [9.17, 15) is 4.79 Å². The van der Waals surface area contributed by atoms with Gasteiger partial charge in [0.05, 0.1) is 5.56 Å². The summed E-state index contributed by atoms with van der Waals surface area (Å²) in [6.45, 7) is 0. The Bertz CT molecular complexity index is 718. The first-order chi connectivity index (χ1) is 9.34.